The summed E-state index contributed by atoms with van der Waals surface area (Å²) in [6.07, 6.45) is 1.13. The number of rotatable bonds is 7. The summed E-state index contributed by atoms with van der Waals surface area (Å²) in [7, 11) is 0. The molecule has 0 radical (unpaired) electrons. The summed E-state index contributed by atoms with van der Waals surface area (Å²) in [6, 6.07) is 11.4. The van der Waals surface area contributed by atoms with Crippen molar-refractivity contribution in [2.75, 3.05) is 17.3 Å². The van der Waals surface area contributed by atoms with Gasteiger partial charge in [0.2, 0.25) is 0 Å². The highest BCUT2D eigenvalue weighted by molar-refractivity contribution is 5.60. The molecule has 0 saturated carbocycles. The first-order valence-electron chi connectivity index (χ1n) is 7.06. The van der Waals surface area contributed by atoms with Gasteiger partial charge in [0, 0.05) is 18.2 Å². The number of aliphatic hydroxyl groups is 1. The monoisotopic (exact) mass is 287 g/mol. The average molecular weight is 287 g/mol. The maximum Gasteiger partial charge on any atom is 0.163 e. The predicted molar refractivity (Wildman–Crippen MR) is 84.7 cm³/mol. The first kappa shape index (κ1) is 15.2. The zero-order valence-corrected chi connectivity index (χ0v) is 12.1. The minimum absolute atomic E-state index is 0.292. The number of hydrogen-bond donors (Lipinski definition) is 4. The molecule has 6 heteroatoms. The van der Waals surface area contributed by atoms with Crippen molar-refractivity contribution in [1.82, 2.24) is 9.97 Å². The number of nitrogens with two attached hydrogens (primary N) is 1. The highest BCUT2D eigenvalue weighted by Gasteiger charge is 2.07. The Bertz CT molecular complexity index is 561. The molecule has 1 atom stereocenters. The molecule has 0 amide bonds. The van der Waals surface area contributed by atoms with Crippen LogP contribution in [0.3, 0.4) is 0 Å². The second-order valence-electron chi connectivity index (χ2n) is 4.75. The summed E-state index contributed by atoms with van der Waals surface area (Å²) in [5.41, 5.74) is 3.47. The second-order valence-corrected chi connectivity index (χ2v) is 4.75. The summed E-state index contributed by atoms with van der Waals surface area (Å²) >= 11 is 0. The molecule has 6 nitrogen and oxygen atoms in total. The topological polar surface area (TPSA) is 96.1 Å². The van der Waals surface area contributed by atoms with E-state index in [2.05, 4.69) is 20.7 Å². The Morgan fingerprint density at radius 3 is 2.57 bits per heavy atom. The molecule has 0 aliphatic rings. The maximum absolute atomic E-state index is 9.56. The van der Waals surface area contributed by atoms with E-state index in [0.29, 0.717) is 30.4 Å². The lowest BCUT2D eigenvalue weighted by Crippen LogP contribution is -2.14. The molecule has 21 heavy (non-hydrogen) atoms. The third-order valence-corrected chi connectivity index (χ3v) is 3.16. The standard InChI is InChI=1S/C15H21N5O/c1-2-12(21)8-9-17-13-10-14(20-16)19-15(18-13)11-6-4-3-5-7-11/h3-7,10,12,21H,2,8-9,16H2,1H3,(H2,17,18,19,20). The molecule has 0 fully saturated rings. The van der Waals surface area contributed by atoms with Crippen LogP contribution in [-0.4, -0.2) is 27.7 Å². The third-order valence-electron chi connectivity index (χ3n) is 3.16. The number of hydrogen-bond acceptors (Lipinski definition) is 6. The quantitative estimate of drug-likeness (QED) is 0.459. The van der Waals surface area contributed by atoms with Crippen molar-refractivity contribution in [3.8, 4) is 11.4 Å². The molecule has 5 N–H and O–H groups in total. The molecule has 0 spiro atoms. The van der Waals surface area contributed by atoms with Gasteiger partial charge in [0.15, 0.2) is 5.82 Å². The van der Waals surface area contributed by atoms with E-state index in [-0.39, 0.29) is 6.10 Å². The van der Waals surface area contributed by atoms with Gasteiger partial charge in [0.1, 0.15) is 11.6 Å². The van der Waals surface area contributed by atoms with Crippen LogP contribution in [0.4, 0.5) is 11.6 Å². The fourth-order valence-corrected chi connectivity index (χ4v) is 1.90. The summed E-state index contributed by atoms with van der Waals surface area (Å²) in [5.74, 6) is 7.28. The molecule has 2 aromatic rings. The molecule has 2 rings (SSSR count). The van der Waals surface area contributed by atoms with Gasteiger partial charge >= 0.3 is 0 Å². The number of anilines is 2. The predicted octanol–water partition coefficient (Wildman–Crippen LogP) is 2.00. The van der Waals surface area contributed by atoms with Gasteiger partial charge in [0.25, 0.3) is 0 Å². The van der Waals surface area contributed by atoms with Crippen molar-refractivity contribution in [2.24, 2.45) is 5.84 Å². The van der Waals surface area contributed by atoms with Crippen molar-refractivity contribution in [3.05, 3.63) is 36.4 Å². The zero-order chi connectivity index (χ0) is 15.1. The lowest BCUT2D eigenvalue weighted by molar-refractivity contribution is 0.164. The van der Waals surface area contributed by atoms with Gasteiger partial charge in [-0.05, 0) is 12.8 Å². The van der Waals surface area contributed by atoms with Gasteiger partial charge in [-0.25, -0.2) is 15.8 Å². The number of benzene rings is 1. The summed E-state index contributed by atoms with van der Waals surface area (Å²) in [6.45, 7) is 2.60. The van der Waals surface area contributed by atoms with Crippen LogP contribution in [0, 0.1) is 0 Å². The SMILES string of the molecule is CCC(O)CCNc1cc(NN)nc(-c2ccccc2)n1. The highest BCUT2D eigenvalue weighted by Crippen LogP contribution is 2.19. The molecule has 1 unspecified atom stereocenters. The van der Waals surface area contributed by atoms with Gasteiger partial charge in [-0.15, -0.1) is 0 Å². The minimum Gasteiger partial charge on any atom is -0.393 e. The Kier molecular flexibility index (Phi) is 5.48. The van der Waals surface area contributed by atoms with E-state index in [4.69, 9.17) is 5.84 Å². The van der Waals surface area contributed by atoms with E-state index in [9.17, 15) is 5.11 Å². The van der Waals surface area contributed by atoms with Crippen LogP contribution in [0.25, 0.3) is 11.4 Å². The largest absolute Gasteiger partial charge is 0.393 e. The molecular weight excluding hydrogens is 266 g/mol. The Morgan fingerprint density at radius 1 is 1.19 bits per heavy atom. The van der Waals surface area contributed by atoms with E-state index >= 15 is 0 Å². The Labute approximate surface area is 124 Å². The molecule has 0 aliphatic carbocycles. The smallest absolute Gasteiger partial charge is 0.163 e. The zero-order valence-electron chi connectivity index (χ0n) is 12.1. The Morgan fingerprint density at radius 2 is 1.90 bits per heavy atom. The van der Waals surface area contributed by atoms with Crippen molar-refractivity contribution in [2.45, 2.75) is 25.9 Å². The molecule has 1 heterocycles. The minimum atomic E-state index is -0.292. The molecule has 1 aromatic carbocycles. The third kappa shape index (κ3) is 4.40. The first-order chi connectivity index (χ1) is 10.2. The van der Waals surface area contributed by atoms with Crippen molar-refractivity contribution in [1.29, 1.82) is 0 Å². The van der Waals surface area contributed by atoms with Crippen LogP contribution < -0.4 is 16.6 Å². The number of hydrazine groups is 1. The Balaban J connectivity index is 2.14. The van der Waals surface area contributed by atoms with E-state index < -0.39 is 0 Å². The van der Waals surface area contributed by atoms with E-state index in [1.54, 1.807) is 6.07 Å². The van der Waals surface area contributed by atoms with Gasteiger partial charge in [-0.1, -0.05) is 37.3 Å². The van der Waals surface area contributed by atoms with Crippen molar-refractivity contribution in [3.63, 3.8) is 0 Å². The molecule has 0 aliphatic heterocycles. The number of nitrogen functional groups attached to an aromatic ring is 1. The van der Waals surface area contributed by atoms with E-state index in [0.717, 1.165) is 12.0 Å². The van der Waals surface area contributed by atoms with Gasteiger partial charge in [-0.3, -0.25) is 0 Å². The van der Waals surface area contributed by atoms with Crippen molar-refractivity contribution >= 4 is 11.6 Å². The van der Waals surface area contributed by atoms with Crippen LogP contribution in [0.2, 0.25) is 0 Å². The fourth-order valence-electron chi connectivity index (χ4n) is 1.90. The molecule has 0 bridgehead atoms. The second kappa shape index (κ2) is 7.56. The average Bonchev–Trinajstić information content (AvgIpc) is 2.55. The van der Waals surface area contributed by atoms with Gasteiger partial charge in [-0.2, -0.15) is 0 Å². The summed E-state index contributed by atoms with van der Waals surface area (Å²) in [4.78, 5) is 8.82. The van der Waals surface area contributed by atoms with E-state index in [1.165, 1.54) is 0 Å². The highest BCUT2D eigenvalue weighted by atomic mass is 16.3. The molecular formula is C15H21N5O. The van der Waals surface area contributed by atoms with Crippen LogP contribution >= 0.6 is 0 Å². The first-order valence-corrected chi connectivity index (χ1v) is 7.06. The van der Waals surface area contributed by atoms with Crippen LogP contribution in [-0.2, 0) is 0 Å². The van der Waals surface area contributed by atoms with Crippen molar-refractivity contribution < 1.29 is 5.11 Å². The lowest BCUT2D eigenvalue weighted by atomic mass is 10.2. The van der Waals surface area contributed by atoms with Crippen LogP contribution in [0.15, 0.2) is 36.4 Å². The normalized spacial score (nSPS) is 12.0. The number of aromatic nitrogens is 2. The number of nitrogens with one attached hydrogen (secondary N) is 2. The number of aliphatic hydroxyl groups excluding tert-OH is 1. The maximum atomic E-state index is 9.56. The lowest BCUT2D eigenvalue weighted by Gasteiger charge is -2.11. The Hall–Kier alpha value is -2.18. The van der Waals surface area contributed by atoms with Gasteiger partial charge < -0.3 is 15.8 Å². The van der Waals surface area contributed by atoms with Crippen LogP contribution in [0.1, 0.15) is 19.8 Å². The molecule has 1 aromatic heterocycles. The number of nitrogens with zero attached hydrogens (tertiary/aromatic N) is 2. The fraction of sp³-hybridized carbons (Fsp3) is 0.333. The molecule has 0 saturated heterocycles. The summed E-state index contributed by atoms with van der Waals surface area (Å²) < 4.78 is 0. The van der Waals surface area contributed by atoms with E-state index in [1.807, 2.05) is 37.3 Å². The summed E-state index contributed by atoms with van der Waals surface area (Å²) in [5, 5.41) is 12.8. The van der Waals surface area contributed by atoms with Gasteiger partial charge in [0.05, 0.1) is 6.10 Å². The van der Waals surface area contributed by atoms with Crippen LogP contribution in [0.5, 0.6) is 0 Å². The molecule has 112 valence electrons.